The summed E-state index contributed by atoms with van der Waals surface area (Å²) >= 11 is 3.01. The Morgan fingerprint density at radius 3 is 2.43 bits per heavy atom. The van der Waals surface area contributed by atoms with Crippen molar-refractivity contribution >= 4 is 41.1 Å². The van der Waals surface area contributed by atoms with Crippen LogP contribution in [0, 0.1) is 0 Å². The van der Waals surface area contributed by atoms with Crippen molar-refractivity contribution in [1.82, 2.24) is 0 Å². The van der Waals surface area contributed by atoms with Crippen LogP contribution in [0.4, 0.5) is 5.69 Å². The quantitative estimate of drug-likeness (QED) is 0.803. The van der Waals surface area contributed by atoms with Gasteiger partial charge in [-0.15, -0.1) is 23.5 Å². The number of hydrogen-bond acceptors (Lipinski definition) is 4. The first-order chi connectivity index (χ1) is 10.1. The van der Waals surface area contributed by atoms with E-state index in [1.807, 2.05) is 36.0 Å². The molecule has 0 radical (unpaired) electrons. The molecule has 21 heavy (non-hydrogen) atoms. The number of nitrogens with one attached hydrogen (secondary N) is 1. The molecule has 1 aromatic carbocycles. The number of aliphatic carboxylic acids is 1. The minimum Gasteiger partial charge on any atom is -0.481 e. The summed E-state index contributed by atoms with van der Waals surface area (Å²) in [6.07, 6.45) is 5.26. The largest absolute Gasteiger partial charge is 0.481 e. The molecule has 0 aromatic heterocycles. The highest BCUT2D eigenvalue weighted by molar-refractivity contribution is 8.00. The van der Waals surface area contributed by atoms with Gasteiger partial charge in [0.1, 0.15) is 0 Å². The summed E-state index contributed by atoms with van der Waals surface area (Å²) in [5.41, 5.74) is 0.756. The van der Waals surface area contributed by atoms with Crippen LogP contribution in [0.5, 0.6) is 0 Å². The molecule has 1 aliphatic rings. The molecule has 0 unspecified atom stereocenters. The highest BCUT2D eigenvalue weighted by Crippen LogP contribution is 2.34. The number of benzene rings is 1. The zero-order valence-electron chi connectivity index (χ0n) is 11.7. The normalized spacial score (nSPS) is 15.0. The first-order valence-electron chi connectivity index (χ1n) is 6.99. The molecule has 114 valence electrons. The average molecular weight is 325 g/mol. The lowest BCUT2D eigenvalue weighted by molar-refractivity contribution is -0.133. The number of carbonyl (C=O) groups excluding carboxylic acids is 1. The molecule has 1 aromatic rings. The molecule has 4 nitrogen and oxygen atoms in total. The first kappa shape index (κ1) is 16.2. The van der Waals surface area contributed by atoms with Crippen molar-refractivity contribution in [3.63, 3.8) is 0 Å². The van der Waals surface area contributed by atoms with Crippen LogP contribution in [0.1, 0.15) is 25.7 Å². The highest BCUT2D eigenvalue weighted by Gasteiger charge is 2.15. The molecule has 1 aliphatic carbocycles. The molecule has 0 atom stereocenters. The average Bonchev–Trinajstić information content (AvgIpc) is 2.93. The topological polar surface area (TPSA) is 66.4 Å². The second-order valence-electron chi connectivity index (χ2n) is 4.98. The SMILES string of the molecule is O=C(O)CSCC(=O)Nc1ccc(SC2CCCC2)cc1. The summed E-state index contributed by atoms with van der Waals surface area (Å²) in [6, 6.07) is 7.86. The number of amides is 1. The Labute approximate surface area is 133 Å². The van der Waals surface area contributed by atoms with Crippen LogP contribution in [0.15, 0.2) is 29.2 Å². The van der Waals surface area contributed by atoms with E-state index in [4.69, 9.17) is 5.11 Å². The third-order valence-corrected chi connectivity index (χ3v) is 5.47. The molecule has 1 saturated carbocycles. The van der Waals surface area contributed by atoms with Crippen molar-refractivity contribution in [1.29, 1.82) is 0 Å². The molecule has 2 rings (SSSR count). The second-order valence-corrected chi connectivity index (χ2v) is 7.34. The van der Waals surface area contributed by atoms with Gasteiger partial charge >= 0.3 is 5.97 Å². The van der Waals surface area contributed by atoms with E-state index in [2.05, 4.69) is 5.32 Å². The van der Waals surface area contributed by atoms with Gasteiger partial charge in [-0.05, 0) is 37.1 Å². The zero-order chi connectivity index (χ0) is 15.1. The first-order valence-corrected chi connectivity index (χ1v) is 9.03. The molecule has 1 fully saturated rings. The Bertz CT molecular complexity index is 484. The number of carbonyl (C=O) groups is 2. The predicted octanol–water partition coefficient (Wildman–Crippen LogP) is 3.48. The Balaban J connectivity index is 1.76. The lowest BCUT2D eigenvalue weighted by Crippen LogP contribution is -2.15. The van der Waals surface area contributed by atoms with Crippen molar-refractivity contribution in [3.8, 4) is 0 Å². The van der Waals surface area contributed by atoms with Crippen LogP contribution in [0.3, 0.4) is 0 Å². The molecule has 6 heteroatoms. The van der Waals surface area contributed by atoms with Crippen LogP contribution in [-0.2, 0) is 9.59 Å². The fraction of sp³-hybridized carbons (Fsp3) is 0.467. The monoisotopic (exact) mass is 325 g/mol. The minimum atomic E-state index is -0.902. The van der Waals surface area contributed by atoms with Crippen LogP contribution in [-0.4, -0.2) is 33.7 Å². The van der Waals surface area contributed by atoms with Gasteiger partial charge in [0.25, 0.3) is 0 Å². The Morgan fingerprint density at radius 1 is 1.14 bits per heavy atom. The Hall–Kier alpha value is -1.14. The molecule has 2 N–H and O–H groups in total. The third kappa shape index (κ3) is 6.01. The maximum absolute atomic E-state index is 11.6. The molecular weight excluding hydrogens is 306 g/mol. The Morgan fingerprint density at radius 2 is 1.81 bits per heavy atom. The standard InChI is InChI=1S/C15H19NO3S2/c17-14(9-20-10-15(18)19)16-11-5-7-13(8-6-11)21-12-3-1-2-4-12/h5-8,12H,1-4,9-10H2,(H,16,17)(H,18,19). The maximum atomic E-state index is 11.6. The Kier molecular flexibility index (Phi) is 6.45. The maximum Gasteiger partial charge on any atom is 0.313 e. The van der Waals surface area contributed by atoms with E-state index in [0.29, 0.717) is 0 Å². The summed E-state index contributed by atoms with van der Waals surface area (Å²) in [5, 5.41) is 12.0. The van der Waals surface area contributed by atoms with E-state index in [0.717, 1.165) is 22.7 Å². The molecular formula is C15H19NO3S2. The van der Waals surface area contributed by atoms with Gasteiger partial charge in [-0.3, -0.25) is 9.59 Å². The zero-order valence-corrected chi connectivity index (χ0v) is 13.3. The van der Waals surface area contributed by atoms with Crippen molar-refractivity contribution < 1.29 is 14.7 Å². The van der Waals surface area contributed by atoms with Gasteiger partial charge in [0, 0.05) is 15.8 Å². The summed E-state index contributed by atoms with van der Waals surface area (Å²) in [6.45, 7) is 0. The van der Waals surface area contributed by atoms with Gasteiger partial charge < -0.3 is 10.4 Å². The van der Waals surface area contributed by atoms with E-state index in [1.54, 1.807) is 0 Å². The van der Waals surface area contributed by atoms with E-state index < -0.39 is 5.97 Å². The summed E-state index contributed by atoms with van der Waals surface area (Å²) in [5.74, 6) is -0.964. The number of rotatable bonds is 7. The number of carboxylic acids is 1. The predicted molar refractivity (Wildman–Crippen MR) is 88.1 cm³/mol. The van der Waals surface area contributed by atoms with Gasteiger partial charge in [-0.1, -0.05) is 12.8 Å². The van der Waals surface area contributed by atoms with Crippen LogP contribution < -0.4 is 5.32 Å². The van der Waals surface area contributed by atoms with Gasteiger partial charge in [-0.2, -0.15) is 0 Å². The van der Waals surface area contributed by atoms with Gasteiger partial charge in [0.15, 0.2) is 0 Å². The second kappa shape index (κ2) is 8.34. The molecule has 0 heterocycles. The lowest BCUT2D eigenvalue weighted by Gasteiger charge is -2.09. The summed E-state index contributed by atoms with van der Waals surface area (Å²) < 4.78 is 0. The smallest absolute Gasteiger partial charge is 0.313 e. The van der Waals surface area contributed by atoms with Crippen LogP contribution in [0.2, 0.25) is 0 Å². The molecule has 1 amide bonds. The molecule has 0 saturated heterocycles. The highest BCUT2D eigenvalue weighted by atomic mass is 32.2. The van der Waals surface area contributed by atoms with Crippen LogP contribution >= 0.6 is 23.5 Å². The molecule has 0 bridgehead atoms. The van der Waals surface area contributed by atoms with Crippen molar-refractivity contribution in [2.24, 2.45) is 0 Å². The number of anilines is 1. The van der Waals surface area contributed by atoms with E-state index >= 15 is 0 Å². The fourth-order valence-electron chi connectivity index (χ4n) is 2.24. The fourth-order valence-corrected chi connectivity index (χ4v) is 4.03. The van der Waals surface area contributed by atoms with Gasteiger partial charge in [0.2, 0.25) is 5.91 Å². The van der Waals surface area contributed by atoms with E-state index in [9.17, 15) is 9.59 Å². The van der Waals surface area contributed by atoms with Gasteiger partial charge in [0.05, 0.1) is 11.5 Å². The van der Waals surface area contributed by atoms with Crippen molar-refractivity contribution in [3.05, 3.63) is 24.3 Å². The number of thioether (sulfide) groups is 2. The van der Waals surface area contributed by atoms with E-state index in [1.165, 1.54) is 30.6 Å². The van der Waals surface area contributed by atoms with Gasteiger partial charge in [-0.25, -0.2) is 0 Å². The third-order valence-electron chi connectivity index (χ3n) is 3.20. The van der Waals surface area contributed by atoms with Crippen molar-refractivity contribution in [2.45, 2.75) is 35.8 Å². The van der Waals surface area contributed by atoms with E-state index in [-0.39, 0.29) is 17.4 Å². The lowest BCUT2D eigenvalue weighted by atomic mass is 10.3. The summed E-state index contributed by atoms with van der Waals surface area (Å²) in [4.78, 5) is 23.2. The summed E-state index contributed by atoms with van der Waals surface area (Å²) in [7, 11) is 0. The van der Waals surface area contributed by atoms with Crippen molar-refractivity contribution in [2.75, 3.05) is 16.8 Å². The number of hydrogen-bond donors (Lipinski definition) is 2. The minimum absolute atomic E-state index is 0.0512. The molecule has 0 spiro atoms. The van der Waals surface area contributed by atoms with Crippen LogP contribution in [0.25, 0.3) is 0 Å². The number of carboxylic acid groups (broad SMARTS) is 1. The molecule has 0 aliphatic heterocycles.